The molecule has 1 aliphatic carbocycles. The molecule has 35 heavy (non-hydrogen) atoms. The predicted molar refractivity (Wildman–Crippen MR) is 136 cm³/mol. The lowest BCUT2D eigenvalue weighted by molar-refractivity contribution is 0.100. The Morgan fingerprint density at radius 3 is 2.71 bits per heavy atom. The maximum Gasteiger partial charge on any atom is 0.163 e. The second-order valence-electron chi connectivity index (χ2n) is 10.9. The van der Waals surface area contributed by atoms with Gasteiger partial charge in [-0.2, -0.15) is 0 Å². The molecule has 4 aromatic rings. The first-order chi connectivity index (χ1) is 17.3. The van der Waals surface area contributed by atoms with Crippen LogP contribution in [-0.4, -0.2) is 50.2 Å². The highest BCUT2D eigenvalue weighted by Crippen LogP contribution is 2.46. The van der Waals surface area contributed by atoms with Crippen molar-refractivity contribution in [3.05, 3.63) is 42.0 Å². The number of fused-ring (bicyclic) bond motifs is 4. The van der Waals surface area contributed by atoms with Crippen LogP contribution in [0.1, 0.15) is 74.5 Å². The van der Waals surface area contributed by atoms with Crippen molar-refractivity contribution in [3.8, 4) is 11.4 Å². The number of hydrogen-bond acceptors (Lipinski definition) is 6. The average molecular weight is 467 g/mol. The molecule has 7 nitrogen and oxygen atoms in total. The second kappa shape index (κ2) is 7.72. The van der Waals surface area contributed by atoms with Crippen LogP contribution in [0.15, 0.2) is 30.7 Å². The number of aromatic nitrogens is 5. The molecule has 4 fully saturated rings. The number of rotatable bonds is 4. The molecule has 0 unspecified atom stereocenters. The van der Waals surface area contributed by atoms with Gasteiger partial charge in [-0.25, -0.2) is 15.0 Å². The van der Waals surface area contributed by atoms with E-state index in [-0.39, 0.29) is 0 Å². The first kappa shape index (κ1) is 20.2. The summed E-state index contributed by atoms with van der Waals surface area (Å²) >= 11 is 0. The number of nitrogens with one attached hydrogen (secondary N) is 1. The number of aromatic amines is 1. The normalized spacial score (nSPS) is 26.3. The Hall–Kier alpha value is -3.06. The molecule has 178 valence electrons. The number of ether oxygens (including phenoxy) is 1. The maximum atomic E-state index is 6.14. The predicted octanol–water partition coefficient (Wildman–Crippen LogP) is 5.47. The lowest BCUT2D eigenvalue weighted by atomic mass is 9.87. The Bertz CT molecular complexity index is 1440. The minimum atomic E-state index is 0.339. The number of piperidine rings is 1. The molecule has 4 aromatic heterocycles. The fraction of sp³-hybridized carbons (Fsp3) is 0.500. The summed E-state index contributed by atoms with van der Waals surface area (Å²) in [4.78, 5) is 25.7. The quantitative estimate of drug-likeness (QED) is 0.430. The lowest BCUT2D eigenvalue weighted by Crippen LogP contribution is -2.30. The van der Waals surface area contributed by atoms with E-state index >= 15 is 0 Å². The molecule has 0 amide bonds. The van der Waals surface area contributed by atoms with Gasteiger partial charge in [-0.05, 0) is 75.0 Å². The van der Waals surface area contributed by atoms with Crippen molar-refractivity contribution < 1.29 is 4.74 Å². The van der Waals surface area contributed by atoms with E-state index in [0.29, 0.717) is 24.0 Å². The third kappa shape index (κ3) is 3.28. The average Bonchev–Trinajstić information content (AvgIpc) is 3.31. The van der Waals surface area contributed by atoms with Crippen molar-refractivity contribution >= 4 is 27.8 Å². The molecule has 1 N–H and O–H groups in total. The van der Waals surface area contributed by atoms with Gasteiger partial charge in [0.1, 0.15) is 11.5 Å². The summed E-state index contributed by atoms with van der Waals surface area (Å²) in [6.07, 6.45) is 16.3. The second-order valence-corrected chi connectivity index (χ2v) is 10.9. The van der Waals surface area contributed by atoms with E-state index in [9.17, 15) is 0 Å². The van der Waals surface area contributed by atoms with E-state index in [1.165, 1.54) is 55.2 Å². The van der Waals surface area contributed by atoms with E-state index in [1.807, 2.05) is 12.4 Å². The summed E-state index contributed by atoms with van der Waals surface area (Å²) in [7, 11) is 0. The molecular weight excluding hydrogens is 436 g/mol. The van der Waals surface area contributed by atoms with Crippen molar-refractivity contribution in [1.29, 1.82) is 0 Å². The Morgan fingerprint density at radius 1 is 1.00 bits per heavy atom. The molecule has 0 spiro atoms. The monoisotopic (exact) mass is 466 g/mol. The molecule has 3 atom stereocenters. The van der Waals surface area contributed by atoms with Gasteiger partial charge in [0.25, 0.3) is 0 Å². The lowest BCUT2D eigenvalue weighted by Gasteiger charge is -2.29. The molecule has 0 radical (unpaired) electrons. The number of H-pyrrole nitrogens is 1. The number of hydrogen-bond donors (Lipinski definition) is 1. The third-order valence-electron chi connectivity index (χ3n) is 8.59. The van der Waals surface area contributed by atoms with Crippen molar-refractivity contribution in [1.82, 2.24) is 24.9 Å². The van der Waals surface area contributed by atoms with Crippen LogP contribution in [0.5, 0.6) is 0 Å². The van der Waals surface area contributed by atoms with Crippen LogP contribution in [0.3, 0.4) is 0 Å². The van der Waals surface area contributed by atoms with Gasteiger partial charge in [0.15, 0.2) is 5.82 Å². The van der Waals surface area contributed by atoms with Crippen LogP contribution < -0.4 is 4.90 Å². The molecule has 7 heteroatoms. The van der Waals surface area contributed by atoms with Crippen LogP contribution in [0.25, 0.3) is 33.3 Å². The van der Waals surface area contributed by atoms with Gasteiger partial charge in [-0.3, -0.25) is 4.98 Å². The minimum Gasteiger partial charge on any atom is -0.374 e. The standard InChI is InChI=1S/C28H30N6O/c1-2-10-34(11-3-1)28-25-21(16-4-5-16)14-29-15-23(25)32-27(33-28)18-8-9-30-26-19(18)13-22(31-26)20-12-17-6-7-24(20)35-17/h8-9,13-17,20,24H,1-7,10-12H2,(H,30,31)/t17-,20+,24+/m1/s1. The minimum absolute atomic E-state index is 0.339. The van der Waals surface area contributed by atoms with E-state index in [1.54, 1.807) is 0 Å². The van der Waals surface area contributed by atoms with Gasteiger partial charge in [0, 0.05) is 53.4 Å². The highest BCUT2D eigenvalue weighted by molar-refractivity contribution is 5.97. The first-order valence-corrected chi connectivity index (χ1v) is 13.4. The highest BCUT2D eigenvalue weighted by atomic mass is 16.5. The highest BCUT2D eigenvalue weighted by Gasteiger charge is 2.42. The molecule has 4 aliphatic rings. The van der Waals surface area contributed by atoms with Crippen LogP contribution in [0.4, 0.5) is 5.82 Å². The van der Waals surface area contributed by atoms with Gasteiger partial charge in [-0.1, -0.05) is 0 Å². The summed E-state index contributed by atoms with van der Waals surface area (Å²) in [5, 5.41) is 2.31. The zero-order valence-corrected chi connectivity index (χ0v) is 19.9. The summed E-state index contributed by atoms with van der Waals surface area (Å²) < 4.78 is 6.14. The summed E-state index contributed by atoms with van der Waals surface area (Å²) in [6.45, 7) is 2.12. The maximum absolute atomic E-state index is 6.14. The van der Waals surface area contributed by atoms with Gasteiger partial charge < -0.3 is 14.6 Å². The van der Waals surface area contributed by atoms with Gasteiger partial charge in [-0.15, -0.1) is 0 Å². The SMILES string of the molecule is c1cc(-c2nc(N3CCCCC3)c3c(C4CC4)cncc3n2)c2cc([C@@H]3C[C@H]4CC[C@@H]3O4)[nH]c2n1. The molecule has 1 saturated carbocycles. The Labute approximate surface area is 204 Å². The van der Waals surface area contributed by atoms with E-state index in [2.05, 4.69) is 38.2 Å². The summed E-state index contributed by atoms with van der Waals surface area (Å²) in [5.74, 6) is 2.90. The number of nitrogens with zero attached hydrogens (tertiary/aromatic N) is 5. The van der Waals surface area contributed by atoms with Gasteiger partial charge >= 0.3 is 0 Å². The topological polar surface area (TPSA) is 79.8 Å². The van der Waals surface area contributed by atoms with Crippen molar-refractivity contribution in [2.75, 3.05) is 18.0 Å². The van der Waals surface area contributed by atoms with Crippen LogP contribution in [0.2, 0.25) is 0 Å². The summed E-state index contributed by atoms with van der Waals surface area (Å²) in [6, 6.07) is 4.34. The third-order valence-corrected chi connectivity index (χ3v) is 8.59. The zero-order valence-electron chi connectivity index (χ0n) is 19.9. The van der Waals surface area contributed by atoms with Crippen molar-refractivity contribution in [3.63, 3.8) is 0 Å². The Kier molecular flexibility index (Phi) is 4.45. The summed E-state index contributed by atoms with van der Waals surface area (Å²) in [5.41, 5.74) is 5.48. The van der Waals surface area contributed by atoms with Crippen molar-refractivity contribution in [2.45, 2.75) is 75.4 Å². The van der Waals surface area contributed by atoms with E-state index in [0.717, 1.165) is 59.7 Å². The van der Waals surface area contributed by atoms with Crippen molar-refractivity contribution in [2.24, 2.45) is 0 Å². The number of pyridine rings is 2. The van der Waals surface area contributed by atoms with E-state index in [4.69, 9.17) is 14.7 Å². The largest absolute Gasteiger partial charge is 0.374 e. The first-order valence-electron chi connectivity index (χ1n) is 13.4. The van der Waals surface area contributed by atoms with E-state index < -0.39 is 0 Å². The smallest absolute Gasteiger partial charge is 0.163 e. The molecule has 7 heterocycles. The molecular formula is C28H30N6O. The Balaban J connectivity index is 1.29. The molecule has 0 aromatic carbocycles. The number of anilines is 1. The fourth-order valence-corrected chi connectivity index (χ4v) is 6.65. The zero-order chi connectivity index (χ0) is 22.9. The molecule has 3 aliphatic heterocycles. The van der Waals surface area contributed by atoms with Crippen LogP contribution >= 0.6 is 0 Å². The molecule has 8 rings (SSSR count). The Morgan fingerprint density at radius 2 is 1.91 bits per heavy atom. The van der Waals surface area contributed by atoms with Gasteiger partial charge in [0.2, 0.25) is 0 Å². The van der Waals surface area contributed by atoms with Gasteiger partial charge in [0.05, 0.1) is 23.9 Å². The molecule has 3 saturated heterocycles. The fourth-order valence-electron chi connectivity index (χ4n) is 6.65. The van der Waals surface area contributed by atoms with Crippen LogP contribution in [-0.2, 0) is 4.74 Å². The molecule has 2 bridgehead atoms. The van der Waals surface area contributed by atoms with Crippen LogP contribution in [0, 0.1) is 0 Å².